The molecule has 2 rings (SSSR count). The van der Waals surface area contributed by atoms with E-state index in [1.54, 1.807) is 0 Å². The van der Waals surface area contributed by atoms with Crippen molar-refractivity contribution < 1.29 is 19.5 Å². The molecule has 0 aliphatic carbocycles. The second kappa shape index (κ2) is 12.3. The van der Waals surface area contributed by atoms with Gasteiger partial charge in [-0.2, -0.15) is 0 Å². The van der Waals surface area contributed by atoms with Gasteiger partial charge >= 0.3 is 5.97 Å². The molecule has 1 aliphatic rings. The van der Waals surface area contributed by atoms with Crippen LogP contribution in [0.4, 0.5) is 0 Å². The molecule has 0 unspecified atom stereocenters. The van der Waals surface area contributed by atoms with Gasteiger partial charge in [-0.15, -0.1) is 0 Å². The van der Waals surface area contributed by atoms with Crippen molar-refractivity contribution in [2.24, 2.45) is 0 Å². The number of carboxylic acids is 1. The Balaban J connectivity index is 1.78. The highest BCUT2D eigenvalue weighted by atomic mass is 32.2. The normalized spacial score (nSPS) is 15.7. The van der Waals surface area contributed by atoms with Crippen LogP contribution in [0.3, 0.4) is 0 Å². The summed E-state index contributed by atoms with van der Waals surface area (Å²) < 4.78 is 0.459. The SMILES string of the molecule is CC(=C/c1ccccc1)/C=C1/SC(=S)N(CCC(=O)NCCCCCC(=O)O)C1=O. The van der Waals surface area contributed by atoms with E-state index in [0.29, 0.717) is 22.2 Å². The van der Waals surface area contributed by atoms with E-state index in [-0.39, 0.29) is 31.2 Å². The number of hydrogen-bond donors (Lipinski definition) is 2. The molecule has 1 heterocycles. The summed E-state index contributed by atoms with van der Waals surface area (Å²) in [7, 11) is 0. The number of carbonyl (C=O) groups is 3. The van der Waals surface area contributed by atoms with E-state index < -0.39 is 5.97 Å². The largest absolute Gasteiger partial charge is 0.481 e. The maximum absolute atomic E-state index is 12.6. The molecule has 2 N–H and O–H groups in total. The molecule has 1 aromatic rings. The highest BCUT2D eigenvalue weighted by molar-refractivity contribution is 8.26. The predicted molar refractivity (Wildman–Crippen MR) is 124 cm³/mol. The second-order valence-electron chi connectivity index (χ2n) is 6.94. The third-order valence-corrected chi connectivity index (χ3v) is 5.76. The summed E-state index contributed by atoms with van der Waals surface area (Å²) in [6.45, 7) is 2.68. The van der Waals surface area contributed by atoms with E-state index in [2.05, 4.69) is 5.32 Å². The molecule has 0 bridgehead atoms. The van der Waals surface area contributed by atoms with Crippen LogP contribution < -0.4 is 5.32 Å². The standard InChI is InChI=1S/C22H26N2O4S2/c1-16(14-17-8-4-2-5-9-17)15-18-21(28)24(22(29)30-18)13-11-19(25)23-12-7-3-6-10-20(26)27/h2,4-5,8-9,14-15H,3,6-7,10-13H2,1H3,(H,23,25)(H,26,27)/b16-14-,18-15+. The van der Waals surface area contributed by atoms with Crippen molar-refractivity contribution in [2.45, 2.75) is 39.0 Å². The molecule has 1 aliphatic heterocycles. The lowest BCUT2D eigenvalue weighted by atomic mass is 10.1. The lowest BCUT2D eigenvalue weighted by molar-refractivity contribution is -0.137. The van der Waals surface area contributed by atoms with Crippen LogP contribution in [-0.2, 0) is 14.4 Å². The zero-order chi connectivity index (χ0) is 21.9. The minimum Gasteiger partial charge on any atom is -0.481 e. The Bertz CT molecular complexity index is 850. The molecule has 0 spiro atoms. The lowest BCUT2D eigenvalue weighted by Crippen LogP contribution is -2.33. The molecule has 2 amide bonds. The smallest absolute Gasteiger partial charge is 0.303 e. The molecule has 1 saturated heterocycles. The van der Waals surface area contributed by atoms with Crippen molar-refractivity contribution >= 4 is 52.2 Å². The number of nitrogens with zero attached hydrogens (tertiary/aromatic N) is 1. The first-order valence-electron chi connectivity index (χ1n) is 9.84. The molecule has 8 heteroatoms. The molecule has 0 aromatic heterocycles. The molecule has 1 aromatic carbocycles. The quantitative estimate of drug-likeness (QED) is 0.304. The third kappa shape index (κ3) is 8.12. The van der Waals surface area contributed by atoms with Gasteiger partial charge < -0.3 is 10.4 Å². The van der Waals surface area contributed by atoms with Crippen molar-refractivity contribution in [2.75, 3.05) is 13.1 Å². The number of carbonyl (C=O) groups excluding carboxylic acids is 2. The number of carboxylic acid groups (broad SMARTS) is 1. The van der Waals surface area contributed by atoms with E-state index in [1.807, 2.05) is 49.4 Å². The van der Waals surface area contributed by atoms with Crippen LogP contribution in [0.15, 0.2) is 46.9 Å². The number of rotatable bonds is 11. The number of unbranched alkanes of at least 4 members (excludes halogenated alkanes) is 2. The summed E-state index contributed by atoms with van der Waals surface area (Å²) in [4.78, 5) is 37.1. The van der Waals surface area contributed by atoms with E-state index in [9.17, 15) is 14.4 Å². The number of thioether (sulfide) groups is 1. The highest BCUT2D eigenvalue weighted by Crippen LogP contribution is 2.32. The first-order valence-corrected chi connectivity index (χ1v) is 11.1. The van der Waals surface area contributed by atoms with Crippen molar-refractivity contribution in [1.82, 2.24) is 10.2 Å². The van der Waals surface area contributed by atoms with Gasteiger partial charge in [0.05, 0.1) is 4.91 Å². The summed E-state index contributed by atoms with van der Waals surface area (Å²) in [6, 6.07) is 9.85. The second-order valence-corrected chi connectivity index (χ2v) is 8.61. The average molecular weight is 447 g/mol. The van der Waals surface area contributed by atoms with Crippen LogP contribution in [0.5, 0.6) is 0 Å². The molecule has 0 atom stereocenters. The summed E-state index contributed by atoms with van der Waals surface area (Å²) >= 11 is 6.56. The van der Waals surface area contributed by atoms with E-state index in [0.717, 1.165) is 24.0 Å². The first-order chi connectivity index (χ1) is 14.4. The Morgan fingerprint density at radius 3 is 2.60 bits per heavy atom. The summed E-state index contributed by atoms with van der Waals surface area (Å²) in [5.74, 6) is -1.12. The zero-order valence-electron chi connectivity index (χ0n) is 16.9. The number of aliphatic carboxylic acids is 1. The average Bonchev–Trinajstić information content (AvgIpc) is 2.96. The van der Waals surface area contributed by atoms with Crippen LogP contribution in [0.2, 0.25) is 0 Å². The fraction of sp³-hybridized carbons (Fsp3) is 0.364. The van der Waals surface area contributed by atoms with Crippen LogP contribution >= 0.6 is 24.0 Å². The zero-order valence-corrected chi connectivity index (χ0v) is 18.6. The molecule has 0 saturated carbocycles. The summed E-state index contributed by atoms with van der Waals surface area (Å²) in [5.41, 5.74) is 2.00. The topological polar surface area (TPSA) is 86.7 Å². The number of allylic oxidation sites excluding steroid dienone is 2. The minimum atomic E-state index is -0.803. The van der Waals surface area contributed by atoms with Gasteiger partial charge in [-0.1, -0.05) is 66.8 Å². The summed E-state index contributed by atoms with van der Waals surface area (Å²) in [5, 5.41) is 11.4. The Hall–Kier alpha value is -2.45. The number of hydrogen-bond acceptors (Lipinski definition) is 5. The van der Waals surface area contributed by atoms with Gasteiger partial charge in [0.2, 0.25) is 5.91 Å². The minimum absolute atomic E-state index is 0.147. The van der Waals surface area contributed by atoms with Gasteiger partial charge in [-0.25, -0.2) is 0 Å². The maximum atomic E-state index is 12.6. The Labute approximate surface area is 186 Å². The van der Waals surface area contributed by atoms with Crippen molar-refractivity contribution in [3.63, 3.8) is 0 Å². The Kier molecular flexibility index (Phi) is 9.76. The van der Waals surface area contributed by atoms with Crippen LogP contribution in [0.1, 0.15) is 44.6 Å². The van der Waals surface area contributed by atoms with E-state index >= 15 is 0 Å². The van der Waals surface area contributed by atoms with Gasteiger partial charge in [-0.05, 0) is 37.0 Å². The molecule has 6 nitrogen and oxygen atoms in total. The van der Waals surface area contributed by atoms with Gasteiger partial charge in [0.25, 0.3) is 5.91 Å². The van der Waals surface area contributed by atoms with Gasteiger partial charge in [0, 0.05) is 25.9 Å². The maximum Gasteiger partial charge on any atom is 0.303 e. The molecule has 30 heavy (non-hydrogen) atoms. The van der Waals surface area contributed by atoms with Gasteiger partial charge in [-0.3, -0.25) is 19.3 Å². The highest BCUT2D eigenvalue weighted by Gasteiger charge is 2.31. The number of amides is 2. The molecular weight excluding hydrogens is 420 g/mol. The fourth-order valence-corrected chi connectivity index (χ4v) is 4.22. The van der Waals surface area contributed by atoms with Crippen LogP contribution in [0, 0.1) is 0 Å². The number of nitrogens with one attached hydrogen (secondary N) is 1. The molecule has 0 radical (unpaired) electrons. The van der Waals surface area contributed by atoms with Crippen molar-refractivity contribution in [1.29, 1.82) is 0 Å². The fourth-order valence-electron chi connectivity index (χ4n) is 2.86. The Morgan fingerprint density at radius 1 is 1.17 bits per heavy atom. The van der Waals surface area contributed by atoms with E-state index in [4.69, 9.17) is 17.3 Å². The van der Waals surface area contributed by atoms with Crippen molar-refractivity contribution in [3.8, 4) is 0 Å². The van der Waals surface area contributed by atoms with Crippen LogP contribution in [0.25, 0.3) is 6.08 Å². The monoisotopic (exact) mass is 446 g/mol. The van der Waals surface area contributed by atoms with Gasteiger partial charge in [0.15, 0.2) is 0 Å². The predicted octanol–water partition coefficient (Wildman–Crippen LogP) is 3.99. The lowest BCUT2D eigenvalue weighted by Gasteiger charge is -2.14. The molecule has 1 fully saturated rings. The Morgan fingerprint density at radius 2 is 1.90 bits per heavy atom. The van der Waals surface area contributed by atoms with Crippen LogP contribution in [-0.4, -0.2) is 45.2 Å². The number of thiocarbonyl (C=S) groups is 1. The molecule has 160 valence electrons. The first kappa shape index (κ1) is 23.8. The number of benzene rings is 1. The van der Waals surface area contributed by atoms with E-state index in [1.165, 1.54) is 16.7 Å². The van der Waals surface area contributed by atoms with Crippen molar-refractivity contribution in [3.05, 3.63) is 52.4 Å². The van der Waals surface area contributed by atoms with Gasteiger partial charge in [0.1, 0.15) is 4.32 Å². The third-order valence-electron chi connectivity index (χ3n) is 4.38. The molecular formula is C22H26N2O4S2. The summed E-state index contributed by atoms with van der Waals surface area (Å²) in [6.07, 6.45) is 6.23.